The van der Waals surface area contributed by atoms with Crippen molar-refractivity contribution in [3.05, 3.63) is 42.5 Å². The first-order chi connectivity index (χ1) is 10.7. The molecule has 0 unspecified atom stereocenters. The zero-order valence-electron chi connectivity index (χ0n) is 13.2. The fraction of sp³-hybridized carbons (Fsp3) is 0.500. The van der Waals surface area contributed by atoms with E-state index >= 15 is 0 Å². The van der Waals surface area contributed by atoms with E-state index < -0.39 is 0 Å². The number of ether oxygens (including phenoxy) is 2. The van der Waals surface area contributed by atoms with Gasteiger partial charge in [0.05, 0.1) is 13.0 Å². The van der Waals surface area contributed by atoms with Gasteiger partial charge in [-0.05, 0) is 31.7 Å². The van der Waals surface area contributed by atoms with Crippen LogP contribution in [0.4, 0.5) is 0 Å². The summed E-state index contributed by atoms with van der Waals surface area (Å²) < 4.78 is 10.5. The van der Waals surface area contributed by atoms with Gasteiger partial charge in [0.15, 0.2) is 0 Å². The highest BCUT2D eigenvalue weighted by atomic mass is 16.5. The van der Waals surface area contributed by atoms with E-state index in [9.17, 15) is 4.79 Å². The highest BCUT2D eigenvalue weighted by Gasteiger charge is 2.26. The minimum Gasteiger partial charge on any atom is -0.489 e. The summed E-state index contributed by atoms with van der Waals surface area (Å²) in [6.07, 6.45) is 5.57. The summed E-state index contributed by atoms with van der Waals surface area (Å²) in [4.78, 5) is 11.5. The van der Waals surface area contributed by atoms with Crippen molar-refractivity contribution in [3.8, 4) is 5.75 Å². The first-order valence-electron chi connectivity index (χ1n) is 7.87. The van der Waals surface area contributed by atoms with E-state index in [4.69, 9.17) is 9.47 Å². The number of benzene rings is 1. The van der Waals surface area contributed by atoms with E-state index in [1.54, 1.807) is 6.08 Å². The third-order valence-electron chi connectivity index (χ3n) is 4.17. The van der Waals surface area contributed by atoms with Crippen LogP contribution in [0, 0.1) is 5.92 Å². The maximum Gasteiger partial charge on any atom is 0.308 e. The molecule has 0 bridgehead atoms. The Morgan fingerprint density at radius 1 is 1.32 bits per heavy atom. The van der Waals surface area contributed by atoms with Crippen molar-refractivity contribution in [2.45, 2.75) is 38.3 Å². The Bertz CT molecular complexity index is 493. The molecule has 4 nitrogen and oxygen atoms in total. The predicted octanol–water partition coefficient (Wildman–Crippen LogP) is 3.07. The molecular formula is C18H25NO3. The number of hydrogen-bond acceptors (Lipinski definition) is 4. The number of para-hydroxylation sites is 1. The molecule has 1 aromatic rings. The van der Waals surface area contributed by atoms with Crippen molar-refractivity contribution < 1.29 is 14.3 Å². The Morgan fingerprint density at radius 3 is 2.73 bits per heavy atom. The maximum absolute atomic E-state index is 11.5. The van der Waals surface area contributed by atoms with Gasteiger partial charge in [-0.2, -0.15) is 0 Å². The van der Waals surface area contributed by atoms with Crippen LogP contribution in [0.2, 0.25) is 0 Å². The second-order valence-electron chi connectivity index (χ2n) is 5.66. The van der Waals surface area contributed by atoms with Gasteiger partial charge in [-0.1, -0.05) is 30.9 Å². The van der Waals surface area contributed by atoms with Crippen molar-refractivity contribution >= 4 is 5.97 Å². The lowest BCUT2D eigenvalue weighted by Gasteiger charge is -2.28. The van der Waals surface area contributed by atoms with E-state index in [0.717, 1.165) is 43.5 Å². The van der Waals surface area contributed by atoms with E-state index in [1.807, 2.05) is 18.2 Å². The molecule has 0 amide bonds. The maximum atomic E-state index is 11.5. The van der Waals surface area contributed by atoms with E-state index in [-0.39, 0.29) is 11.9 Å². The molecule has 22 heavy (non-hydrogen) atoms. The van der Waals surface area contributed by atoms with Crippen molar-refractivity contribution in [3.63, 3.8) is 0 Å². The lowest BCUT2D eigenvalue weighted by Crippen LogP contribution is -2.34. The topological polar surface area (TPSA) is 47.6 Å². The summed E-state index contributed by atoms with van der Waals surface area (Å²) in [6.45, 7) is 4.97. The largest absolute Gasteiger partial charge is 0.489 e. The van der Waals surface area contributed by atoms with Crippen LogP contribution >= 0.6 is 0 Å². The minimum absolute atomic E-state index is 0.0679. The first-order valence-corrected chi connectivity index (χ1v) is 7.87. The van der Waals surface area contributed by atoms with E-state index in [0.29, 0.717) is 12.6 Å². The summed E-state index contributed by atoms with van der Waals surface area (Å²) in [6, 6.07) is 8.50. The van der Waals surface area contributed by atoms with Crippen LogP contribution in [0.15, 0.2) is 36.9 Å². The lowest BCUT2D eigenvalue weighted by molar-refractivity contribution is -0.146. The van der Waals surface area contributed by atoms with Gasteiger partial charge < -0.3 is 14.8 Å². The molecule has 1 fully saturated rings. The summed E-state index contributed by atoms with van der Waals surface area (Å²) in [7, 11) is 1.47. The second-order valence-corrected chi connectivity index (χ2v) is 5.66. The molecule has 1 aliphatic carbocycles. The number of carbonyl (C=O) groups is 1. The van der Waals surface area contributed by atoms with E-state index in [2.05, 4.69) is 18.0 Å². The number of hydrogen-bond donors (Lipinski definition) is 1. The number of carbonyl (C=O) groups excluding carboxylic acids is 1. The molecular weight excluding hydrogens is 278 g/mol. The molecule has 0 spiro atoms. The molecule has 1 N–H and O–H groups in total. The minimum atomic E-state index is -0.0679. The molecule has 0 aromatic heterocycles. The van der Waals surface area contributed by atoms with Crippen LogP contribution in [0.25, 0.3) is 0 Å². The van der Waals surface area contributed by atoms with Gasteiger partial charge in [0, 0.05) is 18.2 Å². The molecule has 1 aliphatic rings. The van der Waals surface area contributed by atoms with Crippen molar-refractivity contribution in [1.82, 2.24) is 5.32 Å². The van der Waals surface area contributed by atoms with Gasteiger partial charge in [0.25, 0.3) is 0 Å². The number of nitrogens with one attached hydrogen (secondary N) is 1. The van der Waals surface area contributed by atoms with Crippen LogP contribution in [0.5, 0.6) is 5.75 Å². The predicted molar refractivity (Wildman–Crippen MR) is 86.7 cm³/mol. The zero-order valence-corrected chi connectivity index (χ0v) is 13.2. The average molecular weight is 303 g/mol. The van der Waals surface area contributed by atoms with E-state index in [1.165, 1.54) is 7.11 Å². The molecule has 1 aromatic carbocycles. The van der Waals surface area contributed by atoms with Crippen LogP contribution in [-0.4, -0.2) is 25.7 Å². The summed E-state index contributed by atoms with van der Waals surface area (Å²) in [5.41, 5.74) is 1.15. The molecule has 0 radical (unpaired) electrons. The molecule has 2 rings (SSSR count). The standard InChI is InChI=1S/C18H25NO3/c1-3-12-22-17-7-5-4-6-15(17)13-19-16-10-8-14(9-11-16)18(20)21-2/h3-7,14,16,19H,1,8-13H2,2H3. The highest BCUT2D eigenvalue weighted by Crippen LogP contribution is 2.26. The lowest BCUT2D eigenvalue weighted by atomic mass is 9.86. The number of esters is 1. The smallest absolute Gasteiger partial charge is 0.308 e. The Balaban J connectivity index is 1.82. The van der Waals surface area contributed by atoms with Crippen molar-refractivity contribution in [1.29, 1.82) is 0 Å². The van der Waals surface area contributed by atoms with Gasteiger partial charge in [0.1, 0.15) is 12.4 Å². The van der Waals surface area contributed by atoms with Crippen molar-refractivity contribution in [2.24, 2.45) is 5.92 Å². The monoisotopic (exact) mass is 303 g/mol. The Hall–Kier alpha value is -1.81. The van der Waals surface area contributed by atoms with Crippen molar-refractivity contribution in [2.75, 3.05) is 13.7 Å². The Kier molecular flexibility index (Phi) is 6.46. The van der Waals surface area contributed by atoms with Gasteiger partial charge >= 0.3 is 5.97 Å². The third-order valence-corrected chi connectivity index (χ3v) is 4.17. The third kappa shape index (κ3) is 4.60. The molecule has 0 heterocycles. The summed E-state index contributed by atoms with van der Waals surface area (Å²) >= 11 is 0. The molecule has 0 aliphatic heterocycles. The highest BCUT2D eigenvalue weighted by molar-refractivity contribution is 5.72. The van der Waals surface area contributed by atoms with Crippen LogP contribution in [0.1, 0.15) is 31.2 Å². The number of rotatable bonds is 7. The Labute approximate surface area is 132 Å². The van der Waals surface area contributed by atoms with Crippen LogP contribution in [0.3, 0.4) is 0 Å². The normalized spacial score (nSPS) is 21.1. The van der Waals surface area contributed by atoms with Gasteiger partial charge in [-0.25, -0.2) is 0 Å². The fourth-order valence-electron chi connectivity index (χ4n) is 2.89. The number of methoxy groups -OCH3 is 1. The van der Waals surface area contributed by atoms with Crippen LogP contribution in [-0.2, 0) is 16.1 Å². The average Bonchev–Trinajstić information content (AvgIpc) is 2.58. The molecule has 4 heteroatoms. The van der Waals surface area contributed by atoms with Crippen LogP contribution < -0.4 is 10.1 Å². The van der Waals surface area contributed by atoms with Gasteiger partial charge in [-0.15, -0.1) is 0 Å². The molecule has 1 saturated carbocycles. The molecule has 120 valence electrons. The first kappa shape index (κ1) is 16.6. The van der Waals surface area contributed by atoms with Gasteiger partial charge in [-0.3, -0.25) is 4.79 Å². The molecule has 0 atom stereocenters. The molecule has 0 saturated heterocycles. The van der Waals surface area contributed by atoms with Gasteiger partial charge in [0.2, 0.25) is 0 Å². The quantitative estimate of drug-likeness (QED) is 0.621. The Morgan fingerprint density at radius 2 is 2.05 bits per heavy atom. The summed E-state index contributed by atoms with van der Waals surface area (Å²) in [5.74, 6) is 0.908. The SMILES string of the molecule is C=CCOc1ccccc1CNC1CCC(C(=O)OC)CC1. The summed E-state index contributed by atoms with van der Waals surface area (Å²) in [5, 5.41) is 3.57. The zero-order chi connectivity index (χ0) is 15.8. The second kappa shape index (κ2) is 8.59. The fourth-order valence-corrected chi connectivity index (χ4v) is 2.89.